The smallest absolute Gasteiger partial charge is 0.253 e. The molecule has 7 heteroatoms. The van der Waals surface area contributed by atoms with Crippen LogP contribution < -0.4 is 5.32 Å². The van der Waals surface area contributed by atoms with Crippen molar-refractivity contribution in [2.45, 2.75) is 25.8 Å². The molecule has 0 radical (unpaired) electrons. The fraction of sp³-hybridized carbons (Fsp3) is 0.320. The zero-order chi connectivity index (χ0) is 22.7. The summed E-state index contributed by atoms with van der Waals surface area (Å²) in [5.74, 6) is -0.0248. The van der Waals surface area contributed by atoms with Crippen LogP contribution in [-0.4, -0.2) is 64.6 Å². The number of aromatic nitrogens is 2. The number of likely N-dealkylation sites (tertiary alicyclic amines) is 1. The van der Waals surface area contributed by atoms with E-state index in [0.717, 1.165) is 36.3 Å². The second-order valence-corrected chi connectivity index (χ2v) is 8.59. The van der Waals surface area contributed by atoms with E-state index in [-0.39, 0.29) is 11.8 Å². The summed E-state index contributed by atoms with van der Waals surface area (Å²) in [6.07, 6.45) is 4.71. The summed E-state index contributed by atoms with van der Waals surface area (Å²) in [6.45, 7) is 3.56. The van der Waals surface area contributed by atoms with Crippen LogP contribution in [0.1, 0.15) is 27.9 Å². The van der Waals surface area contributed by atoms with E-state index >= 15 is 0 Å². The van der Waals surface area contributed by atoms with Crippen molar-refractivity contribution in [3.63, 3.8) is 0 Å². The number of likely N-dealkylation sites (N-methyl/N-ethyl adjacent to an activating group) is 1. The highest BCUT2D eigenvalue weighted by molar-refractivity contribution is 5.94. The highest BCUT2D eigenvalue weighted by atomic mass is 16.2. The number of carbonyl (C=O) groups is 2. The SMILES string of the molecule is Cc1cccc(CC(=O)Nc2cnn(-c3ccc(C(=O)N4CC[C@@H](N(C)C)C4)cc3)c2)c1. The van der Waals surface area contributed by atoms with Crippen LogP contribution in [0.2, 0.25) is 0 Å². The number of nitrogens with one attached hydrogen (secondary N) is 1. The van der Waals surface area contributed by atoms with E-state index in [1.54, 1.807) is 17.1 Å². The highest BCUT2D eigenvalue weighted by Gasteiger charge is 2.28. The topological polar surface area (TPSA) is 70.5 Å². The molecule has 32 heavy (non-hydrogen) atoms. The first-order valence-electron chi connectivity index (χ1n) is 10.9. The molecule has 4 rings (SSSR count). The van der Waals surface area contributed by atoms with Gasteiger partial charge >= 0.3 is 0 Å². The summed E-state index contributed by atoms with van der Waals surface area (Å²) < 4.78 is 1.69. The Bertz CT molecular complexity index is 1100. The molecule has 166 valence electrons. The standard InChI is InChI=1S/C25H29N5O2/c1-18-5-4-6-19(13-18)14-24(31)27-21-15-26-30(16-21)22-9-7-20(8-10-22)25(32)29-12-11-23(17-29)28(2)3/h4-10,13,15-16,23H,11-12,14,17H2,1-3H3,(H,27,31)/t23-/m1/s1. The van der Waals surface area contributed by atoms with Crippen molar-refractivity contribution >= 4 is 17.5 Å². The van der Waals surface area contributed by atoms with Gasteiger partial charge in [0.2, 0.25) is 5.91 Å². The fourth-order valence-corrected chi connectivity index (χ4v) is 4.03. The Morgan fingerprint density at radius 2 is 1.94 bits per heavy atom. The maximum Gasteiger partial charge on any atom is 0.253 e. The molecule has 0 spiro atoms. The minimum Gasteiger partial charge on any atom is -0.337 e. The van der Waals surface area contributed by atoms with Gasteiger partial charge in [-0.3, -0.25) is 9.59 Å². The lowest BCUT2D eigenvalue weighted by molar-refractivity contribution is -0.115. The number of rotatable bonds is 6. The van der Waals surface area contributed by atoms with Crippen LogP contribution in [0.15, 0.2) is 60.9 Å². The maximum atomic E-state index is 12.8. The normalized spacial score (nSPS) is 15.9. The van der Waals surface area contributed by atoms with Crippen molar-refractivity contribution in [3.05, 3.63) is 77.6 Å². The van der Waals surface area contributed by atoms with Gasteiger partial charge in [0.15, 0.2) is 0 Å². The Labute approximate surface area is 188 Å². The van der Waals surface area contributed by atoms with Crippen LogP contribution in [0.25, 0.3) is 5.69 Å². The zero-order valence-electron chi connectivity index (χ0n) is 18.8. The Hall–Kier alpha value is -3.45. The Kier molecular flexibility index (Phi) is 6.37. The van der Waals surface area contributed by atoms with Gasteiger partial charge in [-0.2, -0.15) is 5.10 Å². The Morgan fingerprint density at radius 3 is 2.62 bits per heavy atom. The van der Waals surface area contributed by atoms with Crippen LogP contribution in [0.3, 0.4) is 0 Å². The Balaban J connectivity index is 1.37. The third-order valence-corrected chi connectivity index (χ3v) is 5.87. The van der Waals surface area contributed by atoms with E-state index in [9.17, 15) is 9.59 Å². The summed E-state index contributed by atoms with van der Waals surface area (Å²) in [5.41, 5.74) is 4.24. The minimum atomic E-state index is -0.0854. The molecule has 2 heterocycles. The van der Waals surface area contributed by atoms with Gasteiger partial charge in [-0.1, -0.05) is 29.8 Å². The van der Waals surface area contributed by atoms with Crippen molar-refractivity contribution in [2.24, 2.45) is 0 Å². The molecule has 2 aromatic carbocycles. The number of aryl methyl sites for hydroxylation is 1. The predicted molar refractivity (Wildman–Crippen MR) is 125 cm³/mol. The second kappa shape index (κ2) is 9.36. The van der Waals surface area contributed by atoms with E-state index in [1.807, 2.05) is 60.4 Å². The molecule has 1 aliphatic rings. The molecule has 1 saturated heterocycles. The van der Waals surface area contributed by atoms with E-state index < -0.39 is 0 Å². The van der Waals surface area contributed by atoms with Crippen molar-refractivity contribution in [1.29, 1.82) is 0 Å². The van der Waals surface area contributed by atoms with Gasteiger partial charge in [-0.15, -0.1) is 0 Å². The minimum absolute atomic E-state index is 0.0606. The van der Waals surface area contributed by atoms with E-state index in [4.69, 9.17) is 0 Å². The summed E-state index contributed by atoms with van der Waals surface area (Å²) in [5, 5.41) is 7.24. The molecule has 1 N–H and O–H groups in total. The Morgan fingerprint density at radius 1 is 1.16 bits per heavy atom. The number of amides is 2. The molecule has 7 nitrogen and oxygen atoms in total. The molecule has 0 unspecified atom stereocenters. The molecule has 1 aliphatic heterocycles. The molecular formula is C25H29N5O2. The first-order chi connectivity index (χ1) is 15.4. The van der Waals surface area contributed by atoms with Crippen LogP contribution >= 0.6 is 0 Å². The fourth-order valence-electron chi connectivity index (χ4n) is 4.03. The van der Waals surface area contributed by atoms with Crippen LogP contribution in [-0.2, 0) is 11.2 Å². The average molecular weight is 432 g/mol. The van der Waals surface area contributed by atoms with Crippen molar-refractivity contribution in [2.75, 3.05) is 32.5 Å². The molecule has 0 bridgehead atoms. The molecule has 1 fully saturated rings. The van der Waals surface area contributed by atoms with Crippen molar-refractivity contribution < 1.29 is 9.59 Å². The van der Waals surface area contributed by atoms with Gasteiger partial charge in [0.05, 0.1) is 30.2 Å². The summed E-state index contributed by atoms with van der Waals surface area (Å²) in [6, 6.07) is 15.7. The van der Waals surface area contributed by atoms with Crippen LogP contribution in [0.5, 0.6) is 0 Å². The van der Waals surface area contributed by atoms with E-state index in [0.29, 0.717) is 23.7 Å². The summed E-state index contributed by atoms with van der Waals surface area (Å²) >= 11 is 0. The number of benzene rings is 2. The highest BCUT2D eigenvalue weighted by Crippen LogP contribution is 2.18. The van der Waals surface area contributed by atoms with Gasteiger partial charge in [0, 0.05) is 24.7 Å². The second-order valence-electron chi connectivity index (χ2n) is 8.59. The lowest BCUT2D eigenvalue weighted by Crippen LogP contribution is -2.34. The quantitative estimate of drug-likeness (QED) is 0.651. The number of carbonyl (C=O) groups excluding carboxylic acids is 2. The molecule has 3 aromatic rings. The molecule has 2 amide bonds. The molecular weight excluding hydrogens is 402 g/mol. The van der Waals surface area contributed by atoms with Crippen molar-refractivity contribution in [1.82, 2.24) is 19.6 Å². The van der Waals surface area contributed by atoms with Crippen LogP contribution in [0.4, 0.5) is 5.69 Å². The lowest BCUT2D eigenvalue weighted by Gasteiger charge is -2.20. The number of nitrogens with zero attached hydrogens (tertiary/aromatic N) is 4. The molecule has 1 aromatic heterocycles. The van der Waals surface area contributed by atoms with E-state index in [2.05, 4.69) is 29.4 Å². The first kappa shape index (κ1) is 21.8. The molecule has 0 aliphatic carbocycles. The van der Waals surface area contributed by atoms with E-state index in [1.165, 1.54) is 0 Å². The van der Waals surface area contributed by atoms with Crippen LogP contribution in [0, 0.1) is 6.92 Å². The summed E-state index contributed by atoms with van der Waals surface area (Å²) in [7, 11) is 4.10. The number of hydrogen-bond donors (Lipinski definition) is 1. The van der Waals surface area contributed by atoms with Gasteiger partial charge in [-0.05, 0) is 57.3 Å². The largest absolute Gasteiger partial charge is 0.337 e. The monoisotopic (exact) mass is 431 g/mol. The van der Waals surface area contributed by atoms with Gasteiger partial charge in [0.25, 0.3) is 5.91 Å². The van der Waals surface area contributed by atoms with Crippen molar-refractivity contribution in [3.8, 4) is 5.69 Å². The summed E-state index contributed by atoms with van der Waals surface area (Å²) in [4.78, 5) is 29.2. The predicted octanol–water partition coefficient (Wildman–Crippen LogP) is 3.14. The average Bonchev–Trinajstić information content (AvgIpc) is 3.43. The van der Waals surface area contributed by atoms with Gasteiger partial charge < -0.3 is 15.1 Å². The number of anilines is 1. The third-order valence-electron chi connectivity index (χ3n) is 5.87. The molecule has 1 atom stereocenters. The first-order valence-corrected chi connectivity index (χ1v) is 10.9. The molecule has 0 saturated carbocycles. The van der Waals surface area contributed by atoms with Gasteiger partial charge in [-0.25, -0.2) is 4.68 Å². The van der Waals surface area contributed by atoms with Gasteiger partial charge in [0.1, 0.15) is 0 Å². The zero-order valence-corrected chi connectivity index (χ0v) is 18.8. The lowest BCUT2D eigenvalue weighted by atomic mass is 10.1. The number of hydrogen-bond acceptors (Lipinski definition) is 4. The maximum absolute atomic E-state index is 12.8. The third kappa shape index (κ3) is 5.06.